The van der Waals surface area contributed by atoms with Gasteiger partial charge in [-0.05, 0) is 65.4 Å². The van der Waals surface area contributed by atoms with Crippen LogP contribution < -0.4 is 9.50 Å². The summed E-state index contributed by atoms with van der Waals surface area (Å²) >= 11 is 3.48. The van der Waals surface area contributed by atoms with E-state index >= 15 is 0 Å². The number of rotatable bonds is 11. The Bertz CT molecular complexity index is 1120. The number of para-hydroxylation sites is 1. The molecule has 1 saturated heterocycles. The van der Waals surface area contributed by atoms with Gasteiger partial charge in [-0.3, -0.25) is 4.79 Å². The van der Waals surface area contributed by atoms with Crippen molar-refractivity contribution in [1.82, 2.24) is 5.32 Å². The second kappa shape index (κ2) is 12.5. The van der Waals surface area contributed by atoms with Gasteiger partial charge in [0.15, 0.2) is 10.9 Å². The lowest BCUT2D eigenvalue weighted by Crippen LogP contribution is -2.24. The predicted octanol–water partition coefficient (Wildman–Crippen LogP) is 5.34. The lowest BCUT2D eigenvalue weighted by molar-refractivity contribution is -0.118. The van der Waals surface area contributed by atoms with Crippen molar-refractivity contribution < 1.29 is 17.4 Å². The van der Waals surface area contributed by atoms with Gasteiger partial charge in [-0.2, -0.15) is 13.5 Å². The molecule has 1 aliphatic rings. The van der Waals surface area contributed by atoms with Crippen LogP contribution in [0, 0.1) is 3.57 Å². The van der Waals surface area contributed by atoms with Crippen molar-refractivity contribution in [2.75, 3.05) is 0 Å². The van der Waals surface area contributed by atoms with E-state index in [9.17, 15) is 13.2 Å². The first-order chi connectivity index (χ1) is 15.9. The van der Waals surface area contributed by atoms with Crippen LogP contribution in [0.1, 0.15) is 51.0 Å². The Morgan fingerprint density at radius 3 is 2.58 bits per heavy atom. The second-order valence-corrected chi connectivity index (χ2v) is 11.5. The fourth-order valence-corrected chi connectivity index (χ4v) is 5.44. The minimum atomic E-state index is -3.98. The molecule has 1 heterocycles. The first kappa shape index (κ1) is 25.7. The monoisotopic (exact) mass is 599 g/mol. The summed E-state index contributed by atoms with van der Waals surface area (Å²) in [6.45, 7) is 2.18. The number of amides is 1. The summed E-state index contributed by atoms with van der Waals surface area (Å²) in [5, 5.41) is 11.2. The number of nitrogens with zero attached hydrogens (tertiary/aromatic N) is 2. The third kappa shape index (κ3) is 7.82. The first-order valence-corrected chi connectivity index (χ1v) is 14.1. The van der Waals surface area contributed by atoms with Gasteiger partial charge in [-0.1, -0.05) is 62.9 Å². The van der Waals surface area contributed by atoms with Gasteiger partial charge in [-0.15, -0.1) is 5.10 Å². The first-order valence-electron chi connectivity index (χ1n) is 10.8. The molecule has 0 aromatic heterocycles. The number of carbonyl (C=O) groups is 1. The Hall–Kier alpha value is -1.92. The van der Waals surface area contributed by atoms with Gasteiger partial charge < -0.3 is 9.50 Å². The molecule has 10 heteroatoms. The Balaban J connectivity index is 1.62. The molecular formula is C23H26IN3O4S2. The van der Waals surface area contributed by atoms with Gasteiger partial charge in [0.2, 0.25) is 5.91 Å². The molecule has 1 amide bonds. The normalized spacial score (nSPS) is 17.6. The number of benzene rings is 2. The zero-order chi connectivity index (χ0) is 23.7. The van der Waals surface area contributed by atoms with Crippen molar-refractivity contribution in [3.05, 3.63) is 57.7 Å². The average Bonchev–Trinajstić information content (AvgIpc) is 3.14. The van der Waals surface area contributed by atoms with E-state index in [0.29, 0.717) is 10.7 Å². The Morgan fingerprint density at radius 2 is 1.82 bits per heavy atom. The fourth-order valence-electron chi connectivity index (χ4n) is 3.15. The third-order valence-corrected chi connectivity index (χ3v) is 8.02. The Kier molecular flexibility index (Phi) is 9.75. The van der Waals surface area contributed by atoms with Gasteiger partial charge in [0.05, 0.1) is 11.5 Å². The molecule has 33 heavy (non-hydrogen) atoms. The van der Waals surface area contributed by atoms with Crippen molar-refractivity contribution in [2.45, 2.75) is 55.6 Å². The van der Waals surface area contributed by atoms with E-state index in [1.54, 1.807) is 36.4 Å². The van der Waals surface area contributed by atoms with Crippen LogP contribution >= 0.6 is 34.4 Å². The highest BCUT2D eigenvalue weighted by molar-refractivity contribution is 14.1. The molecule has 0 bridgehead atoms. The molecule has 0 spiro atoms. The van der Waals surface area contributed by atoms with E-state index in [4.69, 9.17) is 4.18 Å². The fraction of sp³-hybridized carbons (Fsp3) is 0.348. The van der Waals surface area contributed by atoms with Crippen LogP contribution in [0.2, 0.25) is 0 Å². The molecule has 1 atom stereocenters. The molecule has 176 valence electrons. The van der Waals surface area contributed by atoms with E-state index in [-0.39, 0.29) is 21.8 Å². The largest absolute Gasteiger partial charge is 0.378 e. The van der Waals surface area contributed by atoms with E-state index in [0.717, 1.165) is 22.8 Å². The van der Waals surface area contributed by atoms with Gasteiger partial charge in [0.1, 0.15) is 4.90 Å². The van der Waals surface area contributed by atoms with Crippen LogP contribution in [0.4, 0.5) is 0 Å². The van der Waals surface area contributed by atoms with E-state index < -0.39 is 10.1 Å². The number of hydrogen-bond donors (Lipinski definition) is 1. The molecule has 3 rings (SSSR count). The van der Waals surface area contributed by atoms with Crippen LogP contribution in [0.5, 0.6) is 5.75 Å². The molecule has 2 aromatic carbocycles. The summed E-state index contributed by atoms with van der Waals surface area (Å²) in [7, 11) is -3.98. The Labute approximate surface area is 212 Å². The summed E-state index contributed by atoms with van der Waals surface area (Å²) in [5.41, 5.74) is 0.456. The molecule has 0 saturated carbocycles. The molecule has 1 fully saturated rings. The minimum absolute atomic E-state index is 0.0446. The zero-order valence-corrected chi connectivity index (χ0v) is 22.0. The van der Waals surface area contributed by atoms with Gasteiger partial charge in [0, 0.05) is 9.13 Å². The number of hydrogen-bond acceptors (Lipinski definition) is 7. The highest BCUT2D eigenvalue weighted by Crippen LogP contribution is 2.25. The number of halogens is 1. The third-order valence-electron chi connectivity index (χ3n) is 4.91. The van der Waals surface area contributed by atoms with Crippen LogP contribution in [0.15, 0.2) is 63.6 Å². The molecule has 2 aromatic rings. The molecule has 0 aliphatic carbocycles. The quantitative estimate of drug-likeness (QED) is 0.124. The van der Waals surface area contributed by atoms with Crippen LogP contribution in [0.3, 0.4) is 0 Å². The Morgan fingerprint density at radius 1 is 1.09 bits per heavy atom. The lowest BCUT2D eigenvalue weighted by Gasteiger charge is -2.09. The summed E-state index contributed by atoms with van der Waals surface area (Å²) in [6.07, 6.45) is 7.99. The molecule has 1 N–H and O–H groups in total. The average molecular weight is 600 g/mol. The van der Waals surface area contributed by atoms with Gasteiger partial charge in [-0.25, -0.2) is 0 Å². The minimum Gasteiger partial charge on any atom is -0.378 e. The number of thioether (sulfide) groups is 1. The second-order valence-electron chi connectivity index (χ2n) is 7.48. The SMILES string of the molecule is CCCCCCCC1S/C(=N/N=C/c2ccccc2OS(=O)(=O)c2ccc(I)cc2)NC1=O. The van der Waals surface area contributed by atoms with Crippen molar-refractivity contribution >= 4 is 61.8 Å². The maximum atomic E-state index is 12.6. The topological polar surface area (TPSA) is 97.2 Å². The molecule has 7 nitrogen and oxygen atoms in total. The van der Waals surface area contributed by atoms with Gasteiger partial charge >= 0.3 is 10.1 Å². The smallest absolute Gasteiger partial charge is 0.339 e. The van der Waals surface area contributed by atoms with Crippen molar-refractivity contribution in [3.63, 3.8) is 0 Å². The summed E-state index contributed by atoms with van der Waals surface area (Å²) in [4.78, 5) is 12.2. The molecule has 1 aliphatic heterocycles. The highest BCUT2D eigenvalue weighted by Gasteiger charge is 2.29. The van der Waals surface area contributed by atoms with Crippen molar-refractivity contribution in [3.8, 4) is 5.75 Å². The van der Waals surface area contributed by atoms with Crippen LogP contribution in [0.25, 0.3) is 0 Å². The maximum Gasteiger partial charge on any atom is 0.339 e. The van der Waals surface area contributed by atoms with E-state index in [1.165, 1.54) is 49.4 Å². The standard InChI is InChI=1S/C23H26IN3O4S2/c1-2-3-4-5-6-11-21-22(28)26-23(32-21)27-25-16-17-9-7-8-10-20(17)31-33(29,30)19-14-12-18(24)13-15-19/h7-10,12-16,21H,2-6,11H2,1H3,(H,26,27,28)/b25-16+. The number of amidine groups is 1. The zero-order valence-electron chi connectivity index (χ0n) is 18.2. The summed E-state index contributed by atoms with van der Waals surface area (Å²) in [5.74, 6) is 0.102. The number of carbonyl (C=O) groups excluding carboxylic acids is 1. The molecule has 0 radical (unpaired) electrons. The number of nitrogens with one attached hydrogen (secondary N) is 1. The maximum absolute atomic E-state index is 12.6. The van der Waals surface area contributed by atoms with E-state index in [1.807, 2.05) is 0 Å². The highest BCUT2D eigenvalue weighted by atomic mass is 127. The van der Waals surface area contributed by atoms with Crippen LogP contribution in [-0.4, -0.2) is 31.0 Å². The van der Waals surface area contributed by atoms with Crippen LogP contribution in [-0.2, 0) is 14.9 Å². The number of unbranched alkanes of at least 4 members (excludes halogenated alkanes) is 4. The predicted molar refractivity (Wildman–Crippen MR) is 141 cm³/mol. The molecule has 1 unspecified atom stereocenters. The van der Waals surface area contributed by atoms with Crippen molar-refractivity contribution in [2.24, 2.45) is 10.2 Å². The molecular weight excluding hydrogens is 573 g/mol. The van der Waals surface area contributed by atoms with Gasteiger partial charge in [0.25, 0.3) is 0 Å². The van der Waals surface area contributed by atoms with Crippen molar-refractivity contribution in [1.29, 1.82) is 0 Å². The van der Waals surface area contributed by atoms with E-state index in [2.05, 4.69) is 45.0 Å². The lowest BCUT2D eigenvalue weighted by atomic mass is 10.1. The summed E-state index contributed by atoms with van der Waals surface area (Å²) < 4.78 is 31.5. The summed E-state index contributed by atoms with van der Waals surface area (Å²) in [6, 6.07) is 13.1.